The fraction of sp³-hybridized carbons (Fsp3) is 0.917. The lowest BCUT2D eigenvalue weighted by Crippen LogP contribution is -2.42. The molecule has 2 unspecified atom stereocenters. The molecule has 2 N–H and O–H groups in total. The average molecular weight is 213 g/mol. The van der Waals surface area contributed by atoms with Crippen LogP contribution in [0.15, 0.2) is 0 Å². The van der Waals surface area contributed by atoms with Crippen LogP contribution in [-0.4, -0.2) is 23.7 Å². The van der Waals surface area contributed by atoms with Gasteiger partial charge in [0.25, 0.3) is 0 Å². The molecule has 1 amide bonds. The highest BCUT2D eigenvalue weighted by molar-refractivity contribution is 5.79. The van der Waals surface area contributed by atoms with E-state index in [4.69, 9.17) is 5.11 Å². The average Bonchev–Trinajstić information content (AvgIpc) is 2.98. The molecule has 0 aromatic carbocycles. The van der Waals surface area contributed by atoms with E-state index >= 15 is 0 Å². The number of carbonyl (C=O) groups is 1. The lowest BCUT2D eigenvalue weighted by Gasteiger charge is -2.23. The largest absolute Gasteiger partial charge is 0.396 e. The van der Waals surface area contributed by atoms with E-state index in [0.717, 1.165) is 0 Å². The molecule has 88 valence electrons. The summed E-state index contributed by atoms with van der Waals surface area (Å²) in [6.45, 7) is 6.29. The second kappa shape index (κ2) is 5.50. The van der Waals surface area contributed by atoms with Crippen molar-refractivity contribution in [2.75, 3.05) is 6.61 Å². The summed E-state index contributed by atoms with van der Waals surface area (Å²) in [5.41, 5.74) is 0. The highest BCUT2D eigenvalue weighted by Gasteiger charge is 2.33. The topological polar surface area (TPSA) is 49.3 Å². The number of carbonyl (C=O) groups excluding carboxylic acids is 1. The van der Waals surface area contributed by atoms with Crippen LogP contribution in [0.1, 0.15) is 40.0 Å². The number of aliphatic hydroxyl groups is 1. The van der Waals surface area contributed by atoms with E-state index < -0.39 is 0 Å². The zero-order valence-electron chi connectivity index (χ0n) is 9.99. The first kappa shape index (κ1) is 12.5. The van der Waals surface area contributed by atoms with E-state index in [-0.39, 0.29) is 24.5 Å². The van der Waals surface area contributed by atoms with Gasteiger partial charge in [0.15, 0.2) is 0 Å². The van der Waals surface area contributed by atoms with Crippen LogP contribution in [0, 0.1) is 17.8 Å². The molecule has 0 saturated heterocycles. The highest BCUT2D eigenvalue weighted by atomic mass is 16.3. The minimum Gasteiger partial charge on any atom is -0.396 e. The maximum absolute atomic E-state index is 11.8. The molecular formula is C12H23NO2. The first-order chi connectivity index (χ1) is 7.06. The summed E-state index contributed by atoms with van der Waals surface area (Å²) < 4.78 is 0. The minimum atomic E-state index is 0.115. The predicted octanol–water partition coefficient (Wildman–Crippen LogP) is 1.56. The van der Waals surface area contributed by atoms with Gasteiger partial charge in [-0.2, -0.15) is 0 Å². The summed E-state index contributed by atoms with van der Waals surface area (Å²) in [4.78, 5) is 11.8. The van der Waals surface area contributed by atoms with Crippen molar-refractivity contribution in [3.63, 3.8) is 0 Å². The third kappa shape index (κ3) is 3.82. The molecule has 1 rings (SSSR count). The van der Waals surface area contributed by atoms with Crippen LogP contribution >= 0.6 is 0 Å². The number of hydrogen-bond acceptors (Lipinski definition) is 2. The van der Waals surface area contributed by atoms with Gasteiger partial charge in [-0.25, -0.2) is 0 Å². The second-order valence-corrected chi connectivity index (χ2v) is 5.00. The molecule has 0 heterocycles. The van der Waals surface area contributed by atoms with Crippen LogP contribution in [0.2, 0.25) is 0 Å². The highest BCUT2D eigenvalue weighted by Crippen LogP contribution is 2.36. The molecular weight excluding hydrogens is 190 g/mol. The van der Waals surface area contributed by atoms with Gasteiger partial charge >= 0.3 is 0 Å². The van der Waals surface area contributed by atoms with Crippen LogP contribution in [0.5, 0.6) is 0 Å². The van der Waals surface area contributed by atoms with Crippen molar-refractivity contribution in [3.05, 3.63) is 0 Å². The van der Waals surface area contributed by atoms with E-state index in [1.54, 1.807) is 0 Å². The third-order valence-electron chi connectivity index (χ3n) is 3.32. The Bertz CT molecular complexity index is 212. The Kier molecular flexibility index (Phi) is 4.58. The van der Waals surface area contributed by atoms with Gasteiger partial charge in [-0.15, -0.1) is 0 Å². The Morgan fingerprint density at radius 2 is 2.00 bits per heavy atom. The summed E-state index contributed by atoms with van der Waals surface area (Å²) in [5, 5.41) is 11.9. The van der Waals surface area contributed by atoms with E-state index in [2.05, 4.69) is 19.2 Å². The quantitative estimate of drug-likeness (QED) is 0.703. The smallest absolute Gasteiger partial charge is 0.223 e. The normalized spacial score (nSPS) is 20.1. The molecule has 0 aromatic rings. The molecule has 3 nitrogen and oxygen atoms in total. The minimum absolute atomic E-state index is 0.115. The van der Waals surface area contributed by atoms with Crippen LogP contribution in [0.25, 0.3) is 0 Å². The van der Waals surface area contributed by atoms with Gasteiger partial charge in [0.1, 0.15) is 0 Å². The maximum Gasteiger partial charge on any atom is 0.223 e. The van der Waals surface area contributed by atoms with E-state index in [0.29, 0.717) is 18.3 Å². The Morgan fingerprint density at radius 3 is 2.40 bits per heavy atom. The molecule has 1 aliphatic carbocycles. The maximum atomic E-state index is 11.8. The molecule has 15 heavy (non-hydrogen) atoms. The van der Waals surface area contributed by atoms with Crippen molar-refractivity contribution in [1.82, 2.24) is 5.32 Å². The van der Waals surface area contributed by atoms with E-state index in [9.17, 15) is 4.79 Å². The Labute approximate surface area is 92.3 Å². The zero-order valence-corrected chi connectivity index (χ0v) is 9.99. The number of hydrogen-bond donors (Lipinski definition) is 2. The summed E-state index contributed by atoms with van der Waals surface area (Å²) >= 11 is 0. The molecule has 3 heteroatoms. The Hall–Kier alpha value is -0.570. The van der Waals surface area contributed by atoms with Crippen LogP contribution in [0.4, 0.5) is 0 Å². The standard InChI is InChI=1S/C12H23NO2/c1-8(2)11(6-7-14)13-12(15)9(3)10-4-5-10/h8-11,14H,4-7H2,1-3H3,(H,13,15). The van der Waals surface area contributed by atoms with Gasteiger partial charge < -0.3 is 10.4 Å². The summed E-state index contributed by atoms with van der Waals surface area (Å²) in [6.07, 6.45) is 3.04. The molecule has 0 aliphatic heterocycles. The van der Waals surface area contributed by atoms with Crippen molar-refractivity contribution in [2.45, 2.75) is 46.1 Å². The van der Waals surface area contributed by atoms with Crippen molar-refractivity contribution in [3.8, 4) is 0 Å². The number of amides is 1. The molecule has 2 atom stereocenters. The van der Waals surface area contributed by atoms with Gasteiger partial charge in [0.2, 0.25) is 5.91 Å². The van der Waals surface area contributed by atoms with Crippen LogP contribution in [-0.2, 0) is 4.79 Å². The number of nitrogens with one attached hydrogen (secondary N) is 1. The van der Waals surface area contributed by atoms with Crippen LogP contribution in [0.3, 0.4) is 0 Å². The molecule has 1 aliphatic rings. The number of aliphatic hydroxyl groups excluding tert-OH is 1. The van der Waals surface area contributed by atoms with E-state index in [1.165, 1.54) is 12.8 Å². The summed E-state index contributed by atoms with van der Waals surface area (Å²) in [6, 6.07) is 0.115. The molecule has 0 radical (unpaired) electrons. The van der Waals surface area contributed by atoms with E-state index in [1.807, 2.05) is 6.92 Å². The third-order valence-corrected chi connectivity index (χ3v) is 3.32. The van der Waals surface area contributed by atoms with Gasteiger partial charge in [-0.05, 0) is 31.1 Å². The van der Waals surface area contributed by atoms with Crippen molar-refractivity contribution in [1.29, 1.82) is 0 Å². The first-order valence-corrected chi connectivity index (χ1v) is 5.97. The van der Waals surface area contributed by atoms with Gasteiger partial charge in [0, 0.05) is 18.6 Å². The summed E-state index contributed by atoms with van der Waals surface area (Å²) in [7, 11) is 0. The SMILES string of the molecule is CC(C)C(CCO)NC(=O)C(C)C1CC1. The number of rotatable bonds is 6. The van der Waals surface area contributed by atoms with Crippen molar-refractivity contribution < 1.29 is 9.90 Å². The fourth-order valence-electron chi connectivity index (χ4n) is 1.84. The molecule has 0 spiro atoms. The predicted molar refractivity (Wildman–Crippen MR) is 60.4 cm³/mol. The van der Waals surface area contributed by atoms with Gasteiger partial charge in [0.05, 0.1) is 0 Å². The summed E-state index contributed by atoms with van der Waals surface area (Å²) in [5.74, 6) is 1.29. The molecule has 1 fully saturated rings. The Morgan fingerprint density at radius 1 is 1.40 bits per heavy atom. The molecule has 0 bridgehead atoms. The van der Waals surface area contributed by atoms with Gasteiger partial charge in [-0.1, -0.05) is 20.8 Å². The lowest BCUT2D eigenvalue weighted by atomic mass is 9.99. The van der Waals surface area contributed by atoms with Crippen molar-refractivity contribution >= 4 is 5.91 Å². The first-order valence-electron chi connectivity index (χ1n) is 5.97. The van der Waals surface area contributed by atoms with Crippen LogP contribution < -0.4 is 5.32 Å². The fourth-order valence-corrected chi connectivity index (χ4v) is 1.84. The van der Waals surface area contributed by atoms with Gasteiger partial charge in [-0.3, -0.25) is 4.79 Å². The van der Waals surface area contributed by atoms with Crippen molar-refractivity contribution in [2.24, 2.45) is 17.8 Å². The lowest BCUT2D eigenvalue weighted by molar-refractivity contribution is -0.126. The molecule has 1 saturated carbocycles. The Balaban J connectivity index is 2.38. The second-order valence-electron chi connectivity index (χ2n) is 5.00. The monoisotopic (exact) mass is 213 g/mol. The molecule has 0 aromatic heterocycles. The zero-order chi connectivity index (χ0) is 11.4.